The van der Waals surface area contributed by atoms with Crippen LogP contribution in [-0.2, 0) is 9.59 Å². The van der Waals surface area contributed by atoms with E-state index in [9.17, 15) is 14.7 Å². The first kappa shape index (κ1) is 20.5. The number of carbonyl (C=O) groups excluding carboxylic acids is 2. The minimum atomic E-state index is -1.09. The zero-order valence-electron chi connectivity index (χ0n) is 17.6. The Morgan fingerprint density at radius 1 is 1.13 bits per heavy atom. The number of benzene rings is 2. The summed E-state index contributed by atoms with van der Waals surface area (Å²) in [5.41, 5.74) is 2.19. The van der Waals surface area contributed by atoms with Crippen LogP contribution < -0.4 is 10.4 Å². The molecule has 1 N–H and O–H groups in total. The summed E-state index contributed by atoms with van der Waals surface area (Å²) in [5.74, 6) is -1.61. The summed E-state index contributed by atoms with van der Waals surface area (Å²) in [4.78, 5) is 29.3. The van der Waals surface area contributed by atoms with E-state index in [1.54, 1.807) is 18.3 Å². The van der Waals surface area contributed by atoms with Gasteiger partial charge < -0.3 is 15.2 Å². The number of rotatable bonds is 4. The zero-order chi connectivity index (χ0) is 21.7. The molecule has 1 fully saturated rings. The molecule has 0 bridgehead atoms. The molecule has 1 heterocycles. The number of carbonyl (C=O) groups is 2. The van der Waals surface area contributed by atoms with Gasteiger partial charge in [-0.1, -0.05) is 26.8 Å². The minimum Gasteiger partial charge on any atom is -0.550 e. The van der Waals surface area contributed by atoms with Gasteiger partial charge in [0.2, 0.25) is 5.91 Å². The number of amides is 1. The Hall–Kier alpha value is -2.73. The number of aromatic nitrogens is 1. The van der Waals surface area contributed by atoms with Crippen LogP contribution in [0.15, 0.2) is 42.5 Å². The number of carboxylic acids is 1. The molecule has 30 heavy (non-hydrogen) atoms. The van der Waals surface area contributed by atoms with Gasteiger partial charge in [0.25, 0.3) is 0 Å². The predicted molar refractivity (Wildman–Crippen MR) is 118 cm³/mol. The first-order valence-electron chi connectivity index (χ1n) is 10.1. The highest BCUT2D eigenvalue weighted by molar-refractivity contribution is 7.21. The molecule has 2 aromatic carbocycles. The van der Waals surface area contributed by atoms with E-state index in [0.29, 0.717) is 18.5 Å². The first-order chi connectivity index (χ1) is 14.1. The molecule has 2 atom stereocenters. The Labute approximate surface area is 180 Å². The van der Waals surface area contributed by atoms with Gasteiger partial charge in [-0.3, -0.25) is 4.79 Å². The third kappa shape index (κ3) is 3.29. The van der Waals surface area contributed by atoms with Gasteiger partial charge in [-0.2, -0.15) is 0 Å². The largest absolute Gasteiger partial charge is 0.550 e. The second-order valence-electron chi connectivity index (χ2n) is 8.99. The van der Waals surface area contributed by atoms with Crippen LogP contribution in [0.25, 0.3) is 20.8 Å². The van der Waals surface area contributed by atoms with Crippen molar-refractivity contribution in [3.05, 3.63) is 48.0 Å². The van der Waals surface area contributed by atoms with Crippen LogP contribution in [0, 0.1) is 23.7 Å². The van der Waals surface area contributed by atoms with E-state index in [4.69, 9.17) is 4.98 Å². The first-order valence-corrected chi connectivity index (χ1v) is 10.9. The fourth-order valence-corrected chi connectivity index (χ4v) is 5.47. The molecular formula is C24H25N2O3S-. The summed E-state index contributed by atoms with van der Waals surface area (Å²) in [5, 5.41) is 15.6. The molecule has 1 saturated carbocycles. The second-order valence-corrected chi connectivity index (χ2v) is 10.0. The maximum atomic E-state index is 12.9. The van der Waals surface area contributed by atoms with Crippen LogP contribution in [0.3, 0.4) is 0 Å². The summed E-state index contributed by atoms with van der Waals surface area (Å²) < 4.78 is 1.15. The molecule has 3 aromatic rings. The van der Waals surface area contributed by atoms with Gasteiger partial charge in [-0.15, -0.1) is 11.3 Å². The van der Waals surface area contributed by atoms with Gasteiger partial charge >= 0.3 is 0 Å². The van der Waals surface area contributed by atoms with Gasteiger partial charge in [0.1, 0.15) is 5.01 Å². The van der Waals surface area contributed by atoms with Gasteiger partial charge in [0.15, 0.2) is 0 Å². The Morgan fingerprint density at radius 2 is 1.83 bits per heavy atom. The number of anilines is 1. The molecule has 156 valence electrons. The Morgan fingerprint density at radius 3 is 2.47 bits per heavy atom. The summed E-state index contributed by atoms with van der Waals surface area (Å²) >= 11 is 1.65. The van der Waals surface area contributed by atoms with Crippen LogP contribution in [-0.4, -0.2) is 16.9 Å². The van der Waals surface area contributed by atoms with Crippen molar-refractivity contribution in [2.45, 2.75) is 40.5 Å². The molecule has 0 radical (unpaired) electrons. The van der Waals surface area contributed by atoms with Crippen molar-refractivity contribution in [1.82, 2.24) is 4.98 Å². The highest BCUT2D eigenvalue weighted by Gasteiger charge is 2.54. The highest BCUT2D eigenvalue weighted by Crippen LogP contribution is 2.55. The molecule has 1 aliphatic rings. The number of hydrogen-bond acceptors (Lipinski definition) is 5. The number of nitrogens with zero attached hydrogens (tertiary/aromatic N) is 1. The molecule has 0 aliphatic heterocycles. The van der Waals surface area contributed by atoms with Crippen molar-refractivity contribution in [2.75, 3.05) is 5.32 Å². The van der Waals surface area contributed by atoms with Crippen LogP contribution in [0.5, 0.6) is 0 Å². The van der Waals surface area contributed by atoms with E-state index in [1.807, 2.05) is 44.2 Å². The number of carboxylic acid groups (broad SMARTS) is 1. The van der Waals surface area contributed by atoms with Crippen molar-refractivity contribution in [3.8, 4) is 10.6 Å². The SMILES string of the molecule is Cc1ccc2nc(-c3ccc(NC(=O)[C@@H]4CC[C@](C)(C(=O)[O-])C4(C)C)cc3)sc2c1. The minimum absolute atomic E-state index is 0.145. The average Bonchev–Trinajstić information content (AvgIpc) is 3.21. The summed E-state index contributed by atoms with van der Waals surface area (Å²) in [6.45, 7) is 7.44. The third-order valence-electron chi connectivity index (χ3n) is 6.94. The summed E-state index contributed by atoms with van der Waals surface area (Å²) in [6.07, 6.45) is 0.975. The van der Waals surface area contributed by atoms with E-state index in [0.717, 1.165) is 20.8 Å². The van der Waals surface area contributed by atoms with Gasteiger partial charge in [-0.25, -0.2) is 4.98 Å². The molecule has 0 unspecified atom stereocenters. The van der Waals surface area contributed by atoms with Crippen molar-refractivity contribution in [3.63, 3.8) is 0 Å². The smallest absolute Gasteiger partial charge is 0.228 e. The van der Waals surface area contributed by atoms with Crippen LogP contribution >= 0.6 is 11.3 Å². The molecule has 6 heteroatoms. The number of thiazole rings is 1. The van der Waals surface area contributed by atoms with Crippen LogP contribution in [0.4, 0.5) is 5.69 Å². The van der Waals surface area contributed by atoms with E-state index in [2.05, 4.69) is 24.4 Å². The quantitative estimate of drug-likeness (QED) is 0.677. The maximum absolute atomic E-state index is 12.9. The number of nitrogens with one attached hydrogen (secondary N) is 1. The average molecular weight is 422 g/mol. The number of hydrogen-bond donors (Lipinski definition) is 1. The van der Waals surface area contributed by atoms with Gasteiger partial charge in [0.05, 0.1) is 10.2 Å². The van der Waals surface area contributed by atoms with Crippen LogP contribution in [0.1, 0.15) is 39.2 Å². The summed E-state index contributed by atoms with van der Waals surface area (Å²) in [7, 11) is 0. The van der Waals surface area contributed by atoms with Crippen molar-refractivity contribution >= 4 is 39.1 Å². The molecule has 1 aromatic heterocycles. The summed E-state index contributed by atoms with van der Waals surface area (Å²) in [6, 6.07) is 13.9. The lowest BCUT2D eigenvalue weighted by Crippen LogP contribution is -2.49. The lowest BCUT2D eigenvalue weighted by molar-refractivity contribution is -0.323. The third-order valence-corrected chi connectivity index (χ3v) is 8.00. The van der Waals surface area contributed by atoms with E-state index in [-0.39, 0.29) is 11.8 Å². The normalized spacial score (nSPS) is 22.9. The lowest BCUT2D eigenvalue weighted by atomic mass is 9.65. The Balaban J connectivity index is 1.51. The van der Waals surface area contributed by atoms with E-state index >= 15 is 0 Å². The lowest BCUT2D eigenvalue weighted by Gasteiger charge is -2.41. The van der Waals surface area contributed by atoms with Crippen molar-refractivity contribution < 1.29 is 14.7 Å². The maximum Gasteiger partial charge on any atom is 0.228 e. The Bertz CT molecular complexity index is 1130. The van der Waals surface area contributed by atoms with Crippen molar-refractivity contribution in [2.24, 2.45) is 16.7 Å². The monoisotopic (exact) mass is 421 g/mol. The van der Waals surface area contributed by atoms with Gasteiger partial charge in [0, 0.05) is 28.6 Å². The van der Waals surface area contributed by atoms with Crippen molar-refractivity contribution in [1.29, 1.82) is 0 Å². The predicted octanol–water partition coefficient (Wildman–Crippen LogP) is 4.40. The number of fused-ring (bicyclic) bond motifs is 1. The Kier molecular flexibility index (Phi) is 4.93. The molecule has 1 amide bonds. The standard InChI is InChI=1S/C24H26N2O3S/c1-14-5-10-18-19(13-14)30-21(26-18)15-6-8-16(9-7-15)25-20(27)17-11-12-24(4,22(28)29)23(17,2)3/h5-10,13,17H,11-12H2,1-4H3,(H,25,27)(H,28,29)/p-1/t17-,24+/m0/s1. The highest BCUT2D eigenvalue weighted by atomic mass is 32.1. The number of aliphatic carboxylic acids is 1. The molecular weight excluding hydrogens is 396 g/mol. The van der Waals surface area contributed by atoms with Gasteiger partial charge in [-0.05, 0) is 67.1 Å². The van der Waals surface area contributed by atoms with E-state index < -0.39 is 16.8 Å². The number of aryl methyl sites for hydroxylation is 1. The van der Waals surface area contributed by atoms with Crippen LogP contribution in [0.2, 0.25) is 0 Å². The zero-order valence-corrected chi connectivity index (χ0v) is 18.4. The fourth-order valence-electron chi connectivity index (χ4n) is 4.41. The molecule has 0 spiro atoms. The fraction of sp³-hybridized carbons (Fsp3) is 0.375. The molecule has 4 rings (SSSR count). The molecule has 1 aliphatic carbocycles. The molecule has 5 nitrogen and oxygen atoms in total. The topological polar surface area (TPSA) is 82.1 Å². The second kappa shape index (κ2) is 7.20. The van der Waals surface area contributed by atoms with E-state index in [1.165, 1.54) is 5.56 Å². The molecule has 0 saturated heterocycles.